The first-order valence-corrected chi connectivity index (χ1v) is 10.8. The number of nitrogens with one attached hydrogen (secondary N) is 2. The summed E-state index contributed by atoms with van der Waals surface area (Å²) in [6.07, 6.45) is 9.42. The number of likely N-dealkylation sites (tertiary alicyclic amines) is 1. The maximum atomic E-state index is 9.50. The van der Waals surface area contributed by atoms with Crippen LogP contribution in [0.25, 0.3) is 0 Å². The quantitative estimate of drug-likeness (QED) is 0.531. The van der Waals surface area contributed by atoms with Crippen LogP contribution in [0.1, 0.15) is 63.0 Å². The monoisotopic (exact) mass is 372 g/mol. The van der Waals surface area contributed by atoms with E-state index in [9.17, 15) is 5.11 Å². The van der Waals surface area contributed by atoms with E-state index in [1.54, 1.807) is 0 Å². The second-order valence-corrected chi connectivity index (χ2v) is 7.87. The van der Waals surface area contributed by atoms with Crippen molar-refractivity contribution in [3.63, 3.8) is 0 Å². The summed E-state index contributed by atoms with van der Waals surface area (Å²) in [6.45, 7) is 6.02. The third-order valence-electron chi connectivity index (χ3n) is 6.00. The van der Waals surface area contributed by atoms with Gasteiger partial charge in [-0.1, -0.05) is 43.5 Å². The van der Waals surface area contributed by atoms with Gasteiger partial charge in [0.1, 0.15) is 0 Å². The van der Waals surface area contributed by atoms with Crippen LogP contribution in [0.4, 0.5) is 0 Å². The van der Waals surface area contributed by atoms with Crippen LogP contribution < -0.4 is 10.6 Å². The first kappa shape index (κ1) is 20.2. The topological polar surface area (TPSA) is 59.9 Å². The lowest BCUT2D eigenvalue weighted by molar-refractivity contribution is 0.119. The summed E-state index contributed by atoms with van der Waals surface area (Å²) >= 11 is 0. The smallest absolute Gasteiger partial charge is 0.191 e. The molecule has 0 radical (unpaired) electrons. The number of guanidine groups is 1. The van der Waals surface area contributed by atoms with Gasteiger partial charge in [-0.05, 0) is 43.7 Å². The van der Waals surface area contributed by atoms with Crippen molar-refractivity contribution < 1.29 is 5.11 Å². The van der Waals surface area contributed by atoms with Gasteiger partial charge in [-0.25, -0.2) is 4.99 Å². The van der Waals surface area contributed by atoms with Crippen LogP contribution in [0.5, 0.6) is 0 Å². The van der Waals surface area contributed by atoms with Crippen LogP contribution in [0.15, 0.2) is 29.3 Å². The molecule has 0 atom stereocenters. The maximum Gasteiger partial charge on any atom is 0.191 e. The van der Waals surface area contributed by atoms with Crippen LogP contribution in [0.2, 0.25) is 0 Å². The Morgan fingerprint density at radius 1 is 1.07 bits per heavy atom. The molecule has 5 heteroatoms. The minimum absolute atomic E-state index is 0.0648. The first-order chi connectivity index (χ1) is 13.3. The molecule has 150 valence electrons. The van der Waals surface area contributed by atoms with Crippen molar-refractivity contribution >= 4 is 5.96 Å². The molecule has 2 aliphatic rings. The highest BCUT2D eigenvalue weighted by molar-refractivity contribution is 5.80. The standard InChI is InChI=1S/C22H36N4O/c1-2-23-22(24-16-18-8-6-7-9-19(18)17-27)25-20-12-14-26(15-13-20)21-10-4-3-5-11-21/h6-9,20-21,27H,2-5,10-17H2,1H3,(H2,23,24,25). The summed E-state index contributed by atoms with van der Waals surface area (Å²) in [5.41, 5.74) is 2.04. The molecule has 1 saturated carbocycles. The molecule has 1 aliphatic carbocycles. The number of hydrogen-bond acceptors (Lipinski definition) is 3. The zero-order valence-electron chi connectivity index (χ0n) is 16.8. The van der Waals surface area contributed by atoms with E-state index in [1.807, 2.05) is 24.3 Å². The third kappa shape index (κ3) is 5.94. The predicted octanol–water partition coefficient (Wildman–Crippen LogP) is 3.03. The number of piperidine rings is 1. The molecule has 2 fully saturated rings. The number of aliphatic hydroxyl groups excluding tert-OH is 1. The Hall–Kier alpha value is -1.59. The van der Waals surface area contributed by atoms with Gasteiger partial charge in [-0.15, -0.1) is 0 Å². The minimum Gasteiger partial charge on any atom is -0.392 e. The Bertz CT molecular complexity index is 590. The summed E-state index contributed by atoms with van der Waals surface area (Å²) in [6, 6.07) is 9.30. The van der Waals surface area contributed by atoms with Gasteiger partial charge < -0.3 is 20.6 Å². The van der Waals surface area contributed by atoms with E-state index in [0.717, 1.165) is 29.7 Å². The van der Waals surface area contributed by atoms with Crippen molar-refractivity contribution in [3.8, 4) is 0 Å². The molecule has 1 aromatic carbocycles. The second-order valence-electron chi connectivity index (χ2n) is 7.87. The SMILES string of the molecule is CCNC(=NCc1ccccc1CO)NC1CCN(C2CCCCC2)CC1. The molecule has 3 rings (SSSR count). The summed E-state index contributed by atoms with van der Waals surface area (Å²) in [5, 5.41) is 16.5. The highest BCUT2D eigenvalue weighted by Gasteiger charge is 2.26. The van der Waals surface area contributed by atoms with Gasteiger partial charge in [-0.2, -0.15) is 0 Å². The first-order valence-electron chi connectivity index (χ1n) is 10.8. The number of benzene rings is 1. The fraction of sp³-hybridized carbons (Fsp3) is 0.682. The fourth-order valence-electron chi connectivity index (χ4n) is 4.40. The molecule has 0 amide bonds. The van der Waals surface area contributed by atoms with Crippen molar-refractivity contribution in [3.05, 3.63) is 35.4 Å². The van der Waals surface area contributed by atoms with Crippen molar-refractivity contribution in [1.29, 1.82) is 0 Å². The fourth-order valence-corrected chi connectivity index (χ4v) is 4.40. The van der Waals surface area contributed by atoms with E-state index in [4.69, 9.17) is 4.99 Å². The van der Waals surface area contributed by atoms with Gasteiger partial charge >= 0.3 is 0 Å². The molecule has 27 heavy (non-hydrogen) atoms. The maximum absolute atomic E-state index is 9.50. The third-order valence-corrected chi connectivity index (χ3v) is 6.00. The Labute approximate surface area is 164 Å². The molecule has 1 saturated heterocycles. The molecular formula is C22H36N4O. The van der Waals surface area contributed by atoms with Crippen LogP contribution >= 0.6 is 0 Å². The Balaban J connectivity index is 1.52. The Morgan fingerprint density at radius 3 is 2.44 bits per heavy atom. The summed E-state index contributed by atoms with van der Waals surface area (Å²) in [4.78, 5) is 7.49. The van der Waals surface area contributed by atoms with E-state index in [2.05, 4.69) is 22.5 Å². The highest BCUT2D eigenvalue weighted by atomic mass is 16.3. The number of aliphatic imine (C=N–C) groups is 1. The Morgan fingerprint density at radius 2 is 1.78 bits per heavy atom. The van der Waals surface area contributed by atoms with Gasteiger partial charge in [0.25, 0.3) is 0 Å². The molecule has 0 bridgehead atoms. The normalized spacial score (nSPS) is 20.6. The van der Waals surface area contributed by atoms with Crippen molar-refractivity contribution in [2.24, 2.45) is 4.99 Å². The zero-order valence-corrected chi connectivity index (χ0v) is 16.8. The number of aliphatic hydroxyl groups is 1. The molecule has 1 aromatic rings. The van der Waals surface area contributed by atoms with E-state index in [-0.39, 0.29) is 6.61 Å². The minimum atomic E-state index is 0.0648. The van der Waals surface area contributed by atoms with Crippen LogP contribution in [-0.2, 0) is 13.2 Å². The predicted molar refractivity (Wildman–Crippen MR) is 112 cm³/mol. The second kappa shape index (κ2) is 10.7. The van der Waals surface area contributed by atoms with Gasteiger partial charge in [-0.3, -0.25) is 0 Å². The van der Waals surface area contributed by atoms with E-state index < -0.39 is 0 Å². The number of hydrogen-bond donors (Lipinski definition) is 3. The van der Waals surface area contributed by atoms with E-state index in [0.29, 0.717) is 12.6 Å². The number of rotatable bonds is 6. The molecule has 0 spiro atoms. The molecule has 5 nitrogen and oxygen atoms in total. The number of nitrogens with zero attached hydrogens (tertiary/aromatic N) is 2. The molecule has 0 aromatic heterocycles. The highest BCUT2D eigenvalue weighted by Crippen LogP contribution is 2.25. The van der Waals surface area contributed by atoms with Crippen molar-refractivity contribution in [2.75, 3.05) is 19.6 Å². The molecule has 1 heterocycles. The molecule has 3 N–H and O–H groups in total. The lowest BCUT2D eigenvalue weighted by Gasteiger charge is -2.39. The molecule has 0 unspecified atom stereocenters. The lowest BCUT2D eigenvalue weighted by atomic mass is 9.92. The Kier molecular flexibility index (Phi) is 7.96. The van der Waals surface area contributed by atoms with Gasteiger partial charge in [0.15, 0.2) is 5.96 Å². The van der Waals surface area contributed by atoms with Gasteiger partial charge in [0.05, 0.1) is 13.2 Å². The van der Waals surface area contributed by atoms with Crippen LogP contribution in [-0.4, -0.2) is 47.7 Å². The van der Waals surface area contributed by atoms with Crippen molar-refractivity contribution in [1.82, 2.24) is 15.5 Å². The average Bonchev–Trinajstić information content (AvgIpc) is 2.73. The summed E-state index contributed by atoms with van der Waals surface area (Å²) in [5.74, 6) is 0.890. The largest absolute Gasteiger partial charge is 0.392 e. The van der Waals surface area contributed by atoms with E-state index >= 15 is 0 Å². The molecular weight excluding hydrogens is 336 g/mol. The zero-order chi connectivity index (χ0) is 18.9. The van der Waals surface area contributed by atoms with Gasteiger partial charge in [0, 0.05) is 31.7 Å². The van der Waals surface area contributed by atoms with Crippen molar-refractivity contribution in [2.45, 2.75) is 77.1 Å². The molecule has 1 aliphatic heterocycles. The van der Waals surface area contributed by atoms with Gasteiger partial charge in [0.2, 0.25) is 0 Å². The lowest BCUT2D eigenvalue weighted by Crippen LogP contribution is -2.50. The van der Waals surface area contributed by atoms with Crippen LogP contribution in [0, 0.1) is 0 Å². The average molecular weight is 373 g/mol. The van der Waals surface area contributed by atoms with E-state index in [1.165, 1.54) is 58.0 Å². The summed E-state index contributed by atoms with van der Waals surface area (Å²) in [7, 11) is 0. The van der Waals surface area contributed by atoms with Crippen LogP contribution in [0.3, 0.4) is 0 Å². The summed E-state index contributed by atoms with van der Waals surface area (Å²) < 4.78 is 0.